The molecule has 0 amide bonds. The van der Waals surface area contributed by atoms with Crippen LogP contribution in [-0.2, 0) is 9.53 Å². The summed E-state index contributed by atoms with van der Waals surface area (Å²) in [6.45, 7) is 12.0. The fourth-order valence-electron chi connectivity index (χ4n) is 2.04. The molecule has 2 nitrogen and oxygen atoms in total. The lowest BCUT2D eigenvalue weighted by Crippen LogP contribution is -2.17. The number of Topliss-reactive ketones (excluding diaryl/α,β-unsaturated/α-hetero) is 1. The lowest BCUT2D eigenvalue weighted by atomic mass is 9.84. The Hall–Kier alpha value is -1.31. The van der Waals surface area contributed by atoms with Crippen molar-refractivity contribution in [2.45, 2.75) is 40.5 Å². The highest BCUT2D eigenvalue weighted by molar-refractivity contribution is 6.12. The van der Waals surface area contributed by atoms with Gasteiger partial charge in [-0.05, 0) is 38.2 Å². The summed E-state index contributed by atoms with van der Waals surface area (Å²) in [5.74, 6) is 1.51. The first-order valence-electron chi connectivity index (χ1n) is 6.09. The molecule has 0 atom stereocenters. The molecule has 0 bridgehead atoms. The number of carbonyl (C=O) groups excluding carboxylic acids is 1. The van der Waals surface area contributed by atoms with E-state index < -0.39 is 0 Å². The predicted molar refractivity (Wildman–Crippen MR) is 70.6 cm³/mol. The van der Waals surface area contributed by atoms with E-state index in [-0.39, 0.29) is 5.78 Å². The first-order chi connectivity index (χ1) is 7.90. The van der Waals surface area contributed by atoms with Crippen molar-refractivity contribution in [1.29, 1.82) is 0 Å². The molecule has 94 valence electrons. The molecule has 0 fully saturated rings. The first kappa shape index (κ1) is 13.8. The standard InChI is InChI=1S/C15H22O2/c1-9(2)7-8-13-12(5)14(16)10(3)11(4)15(13)17-6/h9H,5,7-8H2,1-4,6H3. The minimum atomic E-state index is 0.0575. The highest BCUT2D eigenvalue weighted by Gasteiger charge is 2.26. The van der Waals surface area contributed by atoms with E-state index in [1.54, 1.807) is 7.11 Å². The molecule has 2 heteroatoms. The molecule has 0 aliphatic heterocycles. The Bertz CT molecular complexity index is 409. The Morgan fingerprint density at radius 1 is 1.24 bits per heavy atom. The van der Waals surface area contributed by atoms with Crippen molar-refractivity contribution >= 4 is 5.78 Å². The Kier molecular flexibility index (Phi) is 4.33. The average molecular weight is 234 g/mol. The van der Waals surface area contributed by atoms with E-state index in [9.17, 15) is 4.79 Å². The normalized spacial score (nSPS) is 17.3. The largest absolute Gasteiger partial charge is 0.496 e. The molecule has 0 spiro atoms. The predicted octanol–water partition coefficient (Wildman–Crippen LogP) is 3.80. The maximum Gasteiger partial charge on any atom is 0.188 e. The lowest BCUT2D eigenvalue weighted by molar-refractivity contribution is -0.112. The molecular formula is C15H22O2. The van der Waals surface area contributed by atoms with Crippen LogP contribution in [0.5, 0.6) is 0 Å². The van der Waals surface area contributed by atoms with Crippen LogP contribution >= 0.6 is 0 Å². The molecule has 1 aliphatic rings. The third kappa shape index (κ3) is 2.68. The van der Waals surface area contributed by atoms with Crippen LogP contribution in [-0.4, -0.2) is 12.9 Å². The van der Waals surface area contributed by atoms with Crippen molar-refractivity contribution in [1.82, 2.24) is 0 Å². The highest BCUT2D eigenvalue weighted by atomic mass is 16.5. The summed E-state index contributed by atoms with van der Waals surface area (Å²) in [6, 6.07) is 0. The number of methoxy groups -OCH3 is 1. The van der Waals surface area contributed by atoms with E-state index in [0.29, 0.717) is 11.5 Å². The fourth-order valence-corrected chi connectivity index (χ4v) is 2.04. The topological polar surface area (TPSA) is 26.3 Å². The van der Waals surface area contributed by atoms with Gasteiger partial charge < -0.3 is 4.74 Å². The van der Waals surface area contributed by atoms with Crippen LogP contribution in [0.4, 0.5) is 0 Å². The quantitative estimate of drug-likeness (QED) is 0.692. The smallest absolute Gasteiger partial charge is 0.188 e. The molecule has 0 heterocycles. The molecule has 0 N–H and O–H groups in total. The summed E-state index contributed by atoms with van der Waals surface area (Å²) in [5.41, 5.74) is 3.28. The number of allylic oxidation sites excluding steroid dienone is 4. The van der Waals surface area contributed by atoms with Crippen molar-refractivity contribution in [2.24, 2.45) is 5.92 Å². The molecule has 1 rings (SSSR count). The van der Waals surface area contributed by atoms with Crippen molar-refractivity contribution in [3.8, 4) is 0 Å². The summed E-state index contributed by atoms with van der Waals surface area (Å²) in [7, 11) is 1.66. The monoisotopic (exact) mass is 234 g/mol. The summed E-state index contributed by atoms with van der Waals surface area (Å²) in [5, 5.41) is 0. The number of hydrogen-bond donors (Lipinski definition) is 0. The summed E-state index contributed by atoms with van der Waals surface area (Å²) >= 11 is 0. The number of hydrogen-bond acceptors (Lipinski definition) is 2. The van der Waals surface area contributed by atoms with Crippen LogP contribution in [0.1, 0.15) is 40.5 Å². The number of rotatable bonds is 4. The van der Waals surface area contributed by atoms with E-state index >= 15 is 0 Å². The van der Waals surface area contributed by atoms with Gasteiger partial charge in [-0.2, -0.15) is 0 Å². The summed E-state index contributed by atoms with van der Waals surface area (Å²) in [6.07, 6.45) is 1.90. The van der Waals surface area contributed by atoms with Crippen LogP contribution in [0.15, 0.2) is 34.6 Å². The zero-order chi connectivity index (χ0) is 13.2. The van der Waals surface area contributed by atoms with E-state index in [4.69, 9.17) is 4.74 Å². The molecule has 1 aliphatic carbocycles. The molecule has 0 saturated heterocycles. The van der Waals surface area contributed by atoms with Crippen LogP contribution in [0, 0.1) is 5.92 Å². The average Bonchev–Trinajstić information content (AvgIpc) is 2.29. The highest BCUT2D eigenvalue weighted by Crippen LogP contribution is 2.34. The van der Waals surface area contributed by atoms with Gasteiger partial charge in [-0.25, -0.2) is 0 Å². The molecule has 0 aromatic heterocycles. The van der Waals surface area contributed by atoms with Crippen molar-refractivity contribution in [3.63, 3.8) is 0 Å². The van der Waals surface area contributed by atoms with Crippen molar-refractivity contribution < 1.29 is 9.53 Å². The third-order valence-corrected chi connectivity index (χ3v) is 3.33. The van der Waals surface area contributed by atoms with Crippen LogP contribution < -0.4 is 0 Å². The van der Waals surface area contributed by atoms with Gasteiger partial charge in [-0.3, -0.25) is 4.79 Å². The molecule has 0 aromatic carbocycles. The van der Waals surface area contributed by atoms with Crippen molar-refractivity contribution in [2.75, 3.05) is 7.11 Å². The van der Waals surface area contributed by atoms with Gasteiger partial charge in [0.2, 0.25) is 0 Å². The number of carbonyl (C=O) groups is 1. The van der Waals surface area contributed by atoms with Gasteiger partial charge >= 0.3 is 0 Å². The summed E-state index contributed by atoms with van der Waals surface area (Å²) in [4.78, 5) is 12.0. The van der Waals surface area contributed by atoms with E-state index in [1.165, 1.54) is 0 Å². The van der Waals surface area contributed by atoms with Crippen molar-refractivity contribution in [3.05, 3.63) is 34.6 Å². The third-order valence-electron chi connectivity index (χ3n) is 3.33. The molecule has 0 unspecified atom stereocenters. The lowest BCUT2D eigenvalue weighted by Gasteiger charge is -2.23. The van der Waals surface area contributed by atoms with Gasteiger partial charge in [-0.15, -0.1) is 0 Å². The zero-order valence-electron chi connectivity index (χ0n) is 11.5. The SMILES string of the molecule is C=C1C(=O)C(C)=C(C)C(OC)=C1CCC(C)C. The molecule has 0 radical (unpaired) electrons. The van der Waals surface area contributed by atoms with Crippen LogP contribution in [0.25, 0.3) is 0 Å². The summed E-state index contributed by atoms with van der Waals surface area (Å²) < 4.78 is 5.45. The fraction of sp³-hybridized carbons (Fsp3) is 0.533. The maximum atomic E-state index is 12.0. The molecule has 0 saturated carbocycles. The second kappa shape index (κ2) is 5.35. The molecule has 0 aromatic rings. The molecular weight excluding hydrogens is 212 g/mol. The van der Waals surface area contributed by atoms with E-state index in [1.807, 2.05) is 13.8 Å². The van der Waals surface area contributed by atoms with Gasteiger partial charge in [0.15, 0.2) is 5.78 Å². The Balaban J connectivity index is 3.14. The van der Waals surface area contributed by atoms with Gasteiger partial charge in [0.05, 0.1) is 7.11 Å². The minimum absolute atomic E-state index is 0.0575. The van der Waals surface area contributed by atoms with Gasteiger partial charge in [0.25, 0.3) is 0 Å². The minimum Gasteiger partial charge on any atom is -0.496 e. The van der Waals surface area contributed by atoms with Crippen LogP contribution in [0.3, 0.4) is 0 Å². The Morgan fingerprint density at radius 2 is 1.82 bits per heavy atom. The second-order valence-corrected chi connectivity index (χ2v) is 5.00. The first-order valence-corrected chi connectivity index (χ1v) is 6.09. The van der Waals surface area contributed by atoms with E-state index in [2.05, 4.69) is 20.4 Å². The van der Waals surface area contributed by atoms with E-state index in [0.717, 1.165) is 35.3 Å². The number of ketones is 1. The molecule has 17 heavy (non-hydrogen) atoms. The second-order valence-electron chi connectivity index (χ2n) is 5.00. The Labute approximate surface area is 104 Å². The zero-order valence-corrected chi connectivity index (χ0v) is 11.5. The number of ether oxygens (including phenoxy) is 1. The van der Waals surface area contributed by atoms with Gasteiger partial charge in [-0.1, -0.05) is 20.4 Å². The maximum absolute atomic E-state index is 12.0. The van der Waals surface area contributed by atoms with Crippen LogP contribution in [0.2, 0.25) is 0 Å². The Morgan fingerprint density at radius 3 is 2.29 bits per heavy atom. The van der Waals surface area contributed by atoms with Gasteiger partial charge in [0.1, 0.15) is 5.76 Å². The van der Waals surface area contributed by atoms with Gasteiger partial charge in [0, 0.05) is 16.7 Å².